The lowest BCUT2D eigenvalue weighted by Gasteiger charge is -2.14. The summed E-state index contributed by atoms with van der Waals surface area (Å²) < 4.78 is 54.6. The largest absolute Gasteiger partial charge is 0.397 e. The normalized spacial score (nSPS) is 14.4. The number of thiol groups is 1. The SMILES string of the molecule is NP(=O)(O)O.NP(=O)(O)O.NP(=O)(O)O.NP(=O)(O)O.NP(=O)(O)O.NP(=O)(O)O.SC1CCCCC1. The monoisotopic (exact) mass is 698 g/mol. The van der Waals surface area contributed by atoms with Crippen LogP contribution in [0.5, 0.6) is 0 Å². The summed E-state index contributed by atoms with van der Waals surface area (Å²) in [4.78, 5) is 88.9. The minimum absolute atomic E-state index is 0.730. The molecule has 1 rings (SSSR count). The van der Waals surface area contributed by atoms with Gasteiger partial charge >= 0.3 is 46.5 Å². The summed E-state index contributed by atoms with van der Waals surface area (Å²) in [6, 6.07) is 0. The Bertz CT molecular complexity index is 616. The van der Waals surface area contributed by atoms with Crippen LogP contribution in [0, 0.1) is 0 Å². The lowest BCUT2D eigenvalue weighted by Crippen LogP contribution is -2.03. The smallest absolute Gasteiger partial charge is 0.313 e. The van der Waals surface area contributed by atoms with E-state index in [9.17, 15) is 0 Å². The summed E-state index contributed by atoms with van der Waals surface area (Å²) in [5, 5.41) is 0.730. The van der Waals surface area contributed by atoms with E-state index < -0.39 is 46.5 Å². The summed E-state index contributed by atoms with van der Waals surface area (Å²) in [6.07, 6.45) is 6.96. The molecule has 234 valence electrons. The molecular weight excluding hydrogens is 662 g/mol. The number of hydrogen-bond donors (Lipinski definition) is 19. The van der Waals surface area contributed by atoms with Gasteiger partial charge in [-0.05, 0) is 12.8 Å². The third-order valence-electron chi connectivity index (χ3n) is 1.57. The molecule has 37 heavy (non-hydrogen) atoms. The molecule has 0 heterocycles. The van der Waals surface area contributed by atoms with Crippen molar-refractivity contribution >= 4 is 59.1 Å². The molecule has 0 aromatic heterocycles. The zero-order chi connectivity index (χ0) is 32.1. The molecule has 0 aliphatic heterocycles. The van der Waals surface area contributed by atoms with E-state index in [4.69, 9.17) is 86.1 Å². The number of rotatable bonds is 0. The van der Waals surface area contributed by atoms with Gasteiger partial charge in [0.1, 0.15) is 0 Å². The van der Waals surface area contributed by atoms with Crippen LogP contribution >= 0.6 is 59.1 Å². The van der Waals surface area contributed by atoms with Gasteiger partial charge in [0.2, 0.25) is 0 Å². The van der Waals surface area contributed by atoms with Crippen LogP contribution in [0.2, 0.25) is 0 Å². The fourth-order valence-corrected chi connectivity index (χ4v) is 1.45. The quantitative estimate of drug-likeness (QED) is 0.0860. The summed E-state index contributed by atoms with van der Waals surface area (Å²) in [5.41, 5.74) is 24.1. The Kier molecular flexibility index (Phi) is 32.5. The van der Waals surface area contributed by atoms with Gasteiger partial charge in [-0.3, -0.25) is 0 Å². The molecule has 0 aromatic carbocycles. The molecule has 0 spiro atoms. The lowest BCUT2D eigenvalue weighted by atomic mass is 10.0. The average molecular weight is 698 g/mol. The van der Waals surface area contributed by atoms with Gasteiger partial charge in [0, 0.05) is 5.25 Å². The Morgan fingerprint density at radius 1 is 0.405 bits per heavy atom. The highest BCUT2D eigenvalue weighted by Crippen LogP contribution is 2.22. The van der Waals surface area contributed by atoms with E-state index in [1.165, 1.54) is 32.1 Å². The van der Waals surface area contributed by atoms with Gasteiger partial charge in [0.05, 0.1) is 0 Å². The van der Waals surface area contributed by atoms with Crippen LogP contribution in [-0.2, 0) is 27.4 Å². The first kappa shape index (κ1) is 50.8. The van der Waals surface area contributed by atoms with Gasteiger partial charge in [-0.25, -0.2) is 60.4 Å². The first-order valence-electron chi connectivity index (χ1n) is 8.12. The van der Waals surface area contributed by atoms with Gasteiger partial charge in [-0.15, -0.1) is 0 Å². The van der Waals surface area contributed by atoms with E-state index in [2.05, 4.69) is 45.7 Å². The molecule has 0 unspecified atom stereocenters. The summed E-state index contributed by atoms with van der Waals surface area (Å²) >= 11 is 4.36. The van der Waals surface area contributed by atoms with Gasteiger partial charge in [-0.2, -0.15) is 12.6 Å². The average Bonchev–Trinajstić information content (AvgIpc) is 2.36. The Morgan fingerprint density at radius 3 is 0.568 bits per heavy atom. The van der Waals surface area contributed by atoms with Crippen LogP contribution < -0.4 is 33.0 Å². The van der Waals surface area contributed by atoms with Crippen molar-refractivity contribution in [1.29, 1.82) is 0 Å². The summed E-state index contributed by atoms with van der Waals surface area (Å²) in [7, 11) is -24.8. The van der Waals surface area contributed by atoms with Crippen molar-refractivity contribution in [3.8, 4) is 0 Å². The molecule has 1 aliphatic rings. The fourth-order valence-electron chi connectivity index (χ4n) is 1.08. The van der Waals surface area contributed by atoms with Crippen molar-refractivity contribution in [3.05, 3.63) is 0 Å². The number of nitrogens with two attached hydrogens (primary N) is 6. The lowest BCUT2D eigenvalue weighted by molar-refractivity contribution is 0.372. The third kappa shape index (κ3) is 559. The van der Waals surface area contributed by atoms with Gasteiger partial charge in [0.25, 0.3) is 0 Å². The van der Waals surface area contributed by atoms with Crippen LogP contribution in [-0.4, -0.2) is 64.0 Å². The van der Waals surface area contributed by atoms with E-state index in [-0.39, 0.29) is 0 Å². The number of hydrogen-bond acceptors (Lipinski definition) is 7. The molecule has 24 nitrogen and oxygen atoms in total. The van der Waals surface area contributed by atoms with Crippen molar-refractivity contribution in [1.82, 2.24) is 0 Å². The maximum absolute atomic E-state index is 9.10. The van der Waals surface area contributed by atoms with Crippen LogP contribution in [0.15, 0.2) is 0 Å². The molecule has 24 N–H and O–H groups in total. The van der Waals surface area contributed by atoms with Crippen molar-refractivity contribution < 1.29 is 86.1 Å². The van der Waals surface area contributed by atoms with Crippen molar-refractivity contribution in [3.63, 3.8) is 0 Å². The van der Waals surface area contributed by atoms with E-state index in [1.54, 1.807) is 0 Å². The topological polar surface area (TPSA) is 501 Å². The minimum atomic E-state index is -4.14. The zero-order valence-electron chi connectivity index (χ0n) is 18.5. The molecule has 0 bridgehead atoms. The molecule has 0 radical (unpaired) electrons. The Morgan fingerprint density at radius 2 is 0.514 bits per heavy atom. The predicted octanol–water partition coefficient (Wildman–Crippen LogP) is -3.52. The summed E-state index contributed by atoms with van der Waals surface area (Å²) in [6.45, 7) is 0. The van der Waals surface area contributed by atoms with E-state index in [1.807, 2.05) is 0 Å². The highest BCUT2D eigenvalue weighted by molar-refractivity contribution is 7.80. The predicted molar refractivity (Wildman–Crippen MR) is 133 cm³/mol. The molecule has 0 aromatic rings. The van der Waals surface area contributed by atoms with Gasteiger partial charge < -0.3 is 58.7 Å². The summed E-state index contributed by atoms with van der Waals surface area (Å²) in [5.74, 6) is 0. The van der Waals surface area contributed by atoms with Crippen molar-refractivity contribution in [2.24, 2.45) is 33.0 Å². The van der Waals surface area contributed by atoms with Crippen LogP contribution in [0.4, 0.5) is 0 Å². The van der Waals surface area contributed by atoms with Gasteiger partial charge in [0.15, 0.2) is 0 Å². The van der Waals surface area contributed by atoms with Crippen LogP contribution in [0.1, 0.15) is 32.1 Å². The molecule has 0 amide bonds. The molecular formula is C6H36N6O18P6S. The van der Waals surface area contributed by atoms with E-state index in [0.29, 0.717) is 0 Å². The van der Waals surface area contributed by atoms with Crippen molar-refractivity contribution in [2.45, 2.75) is 37.4 Å². The molecule has 31 heteroatoms. The molecule has 1 fully saturated rings. The van der Waals surface area contributed by atoms with Crippen LogP contribution in [0.25, 0.3) is 0 Å². The maximum Gasteiger partial charge on any atom is 0.397 e. The standard InChI is InChI=1S/C6H12S.6H4NO3P/c7-6-4-2-1-3-5-6;6*1-5(2,3)4/h6-7H,1-5H2;6*(H4,1,2,3,4). The second kappa shape index (κ2) is 23.7. The first-order chi connectivity index (χ1) is 15.4. The second-order valence-corrected chi connectivity index (χ2v) is 13.6. The first-order valence-corrected chi connectivity index (χ1v) is 18.7. The Hall–Kier alpha value is 1.01. The highest BCUT2D eigenvalue weighted by Gasteiger charge is 2.06. The highest BCUT2D eigenvalue weighted by atomic mass is 32.1. The molecule has 0 atom stereocenters. The Labute approximate surface area is 215 Å². The van der Waals surface area contributed by atoms with Gasteiger partial charge in [-0.1, -0.05) is 19.3 Å². The van der Waals surface area contributed by atoms with E-state index in [0.717, 1.165) is 5.25 Å². The second-order valence-electron chi connectivity index (χ2n) is 5.83. The van der Waals surface area contributed by atoms with Crippen molar-refractivity contribution in [2.75, 3.05) is 0 Å². The van der Waals surface area contributed by atoms with E-state index >= 15 is 0 Å². The molecule has 1 saturated carbocycles. The fraction of sp³-hybridized carbons (Fsp3) is 1.00. The molecule has 1 aliphatic carbocycles. The maximum atomic E-state index is 9.10. The minimum Gasteiger partial charge on any atom is -0.313 e. The van der Waals surface area contributed by atoms with Crippen LogP contribution in [0.3, 0.4) is 0 Å². The Balaban J connectivity index is -0.0000000762. The zero-order valence-corrected chi connectivity index (χ0v) is 24.8. The molecule has 0 saturated heterocycles. The third-order valence-corrected chi connectivity index (χ3v) is 2.09.